The maximum atomic E-state index is 13.7. The Labute approximate surface area is 261 Å². The zero-order valence-corrected chi connectivity index (χ0v) is 25.6. The third-order valence-corrected chi connectivity index (χ3v) is 8.53. The van der Waals surface area contributed by atoms with E-state index in [-0.39, 0.29) is 24.7 Å². The predicted molar refractivity (Wildman–Crippen MR) is 176 cm³/mol. The Kier molecular flexibility index (Phi) is 8.83. The summed E-state index contributed by atoms with van der Waals surface area (Å²) in [5.41, 5.74) is 6.34. The van der Waals surface area contributed by atoms with Crippen molar-refractivity contribution >= 4 is 34.5 Å². The fraction of sp³-hybridized carbons (Fsp3) is 0.324. The van der Waals surface area contributed by atoms with Crippen molar-refractivity contribution in [2.75, 3.05) is 73.1 Å². The number of carbonyl (C=O) groups excluding carboxylic acids is 1. The van der Waals surface area contributed by atoms with Crippen molar-refractivity contribution < 1.29 is 19.7 Å². The third kappa shape index (κ3) is 6.15. The molecule has 1 fully saturated rings. The van der Waals surface area contributed by atoms with Crippen LogP contribution in [0.2, 0.25) is 0 Å². The van der Waals surface area contributed by atoms with Crippen LogP contribution in [0.3, 0.4) is 0 Å². The van der Waals surface area contributed by atoms with Crippen LogP contribution in [0.1, 0.15) is 21.5 Å². The molecule has 2 aromatic heterocycles. The molecule has 11 heteroatoms. The monoisotopic (exact) mass is 610 g/mol. The van der Waals surface area contributed by atoms with Gasteiger partial charge in [0.2, 0.25) is 0 Å². The number of likely N-dealkylation sites (N-methyl/N-ethyl adjacent to an activating group) is 1. The Morgan fingerprint density at radius 3 is 2.56 bits per heavy atom. The van der Waals surface area contributed by atoms with Gasteiger partial charge >= 0.3 is 0 Å². The van der Waals surface area contributed by atoms with E-state index in [0.717, 1.165) is 41.2 Å². The number of aliphatic hydroxyl groups excluding tert-OH is 2. The maximum absolute atomic E-state index is 13.7. The third-order valence-electron chi connectivity index (χ3n) is 8.53. The summed E-state index contributed by atoms with van der Waals surface area (Å²) in [6.45, 7) is 3.71. The number of aromatic nitrogens is 2. The largest absolute Gasteiger partial charge is 0.395 e. The quantitative estimate of drug-likeness (QED) is 0.262. The zero-order chi connectivity index (χ0) is 31.5. The molecule has 0 spiro atoms. The second kappa shape index (κ2) is 13.1. The van der Waals surface area contributed by atoms with E-state index in [9.17, 15) is 19.8 Å². The van der Waals surface area contributed by atoms with Gasteiger partial charge < -0.3 is 39.5 Å². The molecule has 234 valence electrons. The molecule has 4 heterocycles. The number of anilines is 5. The van der Waals surface area contributed by atoms with Crippen LogP contribution < -0.4 is 25.6 Å². The van der Waals surface area contributed by atoms with Crippen LogP contribution in [0.4, 0.5) is 28.6 Å². The van der Waals surface area contributed by atoms with Gasteiger partial charge in [-0.05, 0) is 60.0 Å². The summed E-state index contributed by atoms with van der Waals surface area (Å²) in [5, 5.41) is 23.1. The lowest BCUT2D eigenvalue weighted by atomic mass is 9.94. The summed E-state index contributed by atoms with van der Waals surface area (Å²) in [4.78, 5) is 37.3. The highest BCUT2D eigenvalue weighted by Gasteiger charge is 2.28. The molecular formula is C34H38N6O5. The molecule has 0 saturated carbocycles. The van der Waals surface area contributed by atoms with Gasteiger partial charge in [-0.3, -0.25) is 9.59 Å². The summed E-state index contributed by atoms with van der Waals surface area (Å²) in [7, 11) is 3.60. The van der Waals surface area contributed by atoms with E-state index in [0.29, 0.717) is 61.0 Å². The molecular weight excluding hydrogens is 572 g/mol. The Balaban J connectivity index is 1.29. The molecule has 45 heavy (non-hydrogen) atoms. The van der Waals surface area contributed by atoms with Gasteiger partial charge in [-0.25, -0.2) is 4.98 Å². The fourth-order valence-electron chi connectivity index (χ4n) is 6.04. The lowest BCUT2D eigenvalue weighted by molar-refractivity contribution is 0.0980. The Bertz CT molecular complexity index is 1750. The number of nitrogens with one attached hydrogen (secondary N) is 1. The van der Waals surface area contributed by atoms with Crippen molar-refractivity contribution in [2.45, 2.75) is 13.0 Å². The molecule has 1 amide bonds. The fourth-order valence-corrected chi connectivity index (χ4v) is 6.04. The summed E-state index contributed by atoms with van der Waals surface area (Å²) in [6, 6.07) is 16.9. The normalized spacial score (nSPS) is 14.8. The smallest absolute Gasteiger partial charge is 0.274 e. The van der Waals surface area contributed by atoms with Gasteiger partial charge in [0.15, 0.2) is 0 Å². The van der Waals surface area contributed by atoms with E-state index in [1.165, 1.54) is 4.57 Å². The van der Waals surface area contributed by atoms with Crippen LogP contribution in [-0.4, -0.2) is 78.7 Å². The number of hydrogen-bond acceptors (Lipinski definition) is 9. The summed E-state index contributed by atoms with van der Waals surface area (Å²) in [5.74, 6) is 0.412. The van der Waals surface area contributed by atoms with Crippen LogP contribution in [0.25, 0.3) is 11.1 Å². The highest BCUT2D eigenvalue weighted by molar-refractivity contribution is 6.09. The number of morpholine rings is 1. The summed E-state index contributed by atoms with van der Waals surface area (Å²) in [6.07, 6.45) is 4.18. The number of ether oxygens (including phenoxy) is 1. The van der Waals surface area contributed by atoms with E-state index < -0.39 is 0 Å². The number of pyridine rings is 2. The predicted octanol–water partition coefficient (Wildman–Crippen LogP) is 3.15. The van der Waals surface area contributed by atoms with Crippen molar-refractivity contribution in [3.05, 3.63) is 94.0 Å². The van der Waals surface area contributed by atoms with Gasteiger partial charge in [0, 0.05) is 68.8 Å². The van der Waals surface area contributed by atoms with Gasteiger partial charge in [-0.1, -0.05) is 12.1 Å². The lowest BCUT2D eigenvalue weighted by Gasteiger charge is -2.31. The lowest BCUT2D eigenvalue weighted by Crippen LogP contribution is -2.38. The molecule has 2 aliphatic heterocycles. The van der Waals surface area contributed by atoms with Crippen LogP contribution in [-0.2, 0) is 24.8 Å². The van der Waals surface area contributed by atoms with E-state index in [1.807, 2.05) is 60.5 Å². The Hall–Kier alpha value is -4.71. The topological polar surface area (TPSA) is 123 Å². The highest BCUT2D eigenvalue weighted by Crippen LogP contribution is 2.35. The molecule has 2 aliphatic rings. The molecule has 0 atom stereocenters. The van der Waals surface area contributed by atoms with Crippen LogP contribution in [0.5, 0.6) is 0 Å². The Morgan fingerprint density at radius 1 is 1.00 bits per heavy atom. The number of aliphatic hydroxyl groups is 2. The second-order valence-corrected chi connectivity index (χ2v) is 11.3. The molecule has 0 radical (unpaired) electrons. The molecule has 3 N–H and O–H groups in total. The molecule has 11 nitrogen and oxygen atoms in total. The van der Waals surface area contributed by atoms with E-state index in [2.05, 4.69) is 15.2 Å². The molecule has 0 aliphatic carbocycles. The van der Waals surface area contributed by atoms with E-state index in [1.54, 1.807) is 30.4 Å². The number of fused-ring (bicyclic) bond motifs is 1. The minimum atomic E-state index is -0.288. The van der Waals surface area contributed by atoms with Crippen LogP contribution in [0.15, 0.2) is 71.8 Å². The van der Waals surface area contributed by atoms with Gasteiger partial charge in [-0.2, -0.15) is 0 Å². The average molecular weight is 611 g/mol. The SMILES string of the molecule is CN(CCO)c1ccc2c(c1)CCN(c1cccc(-c3cc(Nc4ccc(N5CCOCC5)cn4)c(=O)n(C)c3)c1CO)C2=O. The van der Waals surface area contributed by atoms with Gasteiger partial charge in [0.05, 0.1) is 44.0 Å². The van der Waals surface area contributed by atoms with Crippen molar-refractivity contribution in [1.82, 2.24) is 9.55 Å². The number of nitrogens with zero attached hydrogens (tertiary/aromatic N) is 5. The summed E-state index contributed by atoms with van der Waals surface area (Å²) >= 11 is 0. The zero-order valence-electron chi connectivity index (χ0n) is 25.6. The molecule has 0 unspecified atom stereocenters. The van der Waals surface area contributed by atoms with Crippen molar-refractivity contribution in [3.8, 4) is 11.1 Å². The van der Waals surface area contributed by atoms with Gasteiger partial charge in [0.1, 0.15) is 11.5 Å². The second-order valence-electron chi connectivity index (χ2n) is 11.3. The molecule has 0 bridgehead atoms. The highest BCUT2D eigenvalue weighted by atomic mass is 16.5. The molecule has 1 saturated heterocycles. The average Bonchev–Trinajstić information content (AvgIpc) is 3.07. The van der Waals surface area contributed by atoms with Crippen LogP contribution >= 0.6 is 0 Å². The van der Waals surface area contributed by atoms with Crippen molar-refractivity contribution in [1.29, 1.82) is 0 Å². The van der Waals surface area contributed by atoms with Crippen LogP contribution in [0, 0.1) is 0 Å². The number of amides is 1. The number of benzene rings is 2. The number of hydrogen-bond donors (Lipinski definition) is 3. The minimum Gasteiger partial charge on any atom is -0.395 e. The van der Waals surface area contributed by atoms with Gasteiger partial charge in [-0.15, -0.1) is 0 Å². The first kappa shape index (κ1) is 30.3. The van der Waals surface area contributed by atoms with Crippen molar-refractivity contribution in [3.63, 3.8) is 0 Å². The number of aryl methyl sites for hydroxylation is 1. The first-order valence-electron chi connectivity index (χ1n) is 15.1. The first-order valence-corrected chi connectivity index (χ1v) is 15.1. The maximum Gasteiger partial charge on any atom is 0.274 e. The van der Waals surface area contributed by atoms with Gasteiger partial charge in [0.25, 0.3) is 11.5 Å². The standard InChI is InChI=1S/C34H38N6O5/c1-37(12-15-41)25-6-8-28-23(18-25)10-11-40(33(28)43)31-5-3-4-27(29(31)22-42)24-19-30(34(44)38(2)21-24)36-32-9-7-26(20-35-32)39-13-16-45-17-14-39/h3-9,18-21,41-42H,10-17,22H2,1-2H3,(H,35,36). The molecule has 4 aromatic rings. The van der Waals surface area contributed by atoms with E-state index >= 15 is 0 Å². The number of carbonyl (C=O) groups is 1. The van der Waals surface area contributed by atoms with Crippen molar-refractivity contribution in [2.24, 2.45) is 7.05 Å². The van der Waals surface area contributed by atoms with E-state index in [4.69, 9.17) is 4.74 Å². The number of rotatable bonds is 9. The minimum absolute atomic E-state index is 0.0487. The summed E-state index contributed by atoms with van der Waals surface area (Å²) < 4.78 is 6.94. The molecule has 6 rings (SSSR count). The first-order chi connectivity index (χ1) is 21.9. The molecule has 2 aromatic carbocycles. The Morgan fingerprint density at radius 2 is 1.82 bits per heavy atom.